The second-order valence-electron chi connectivity index (χ2n) is 4.92. The number of piperidine rings is 1. The zero-order chi connectivity index (χ0) is 11.5. The van der Waals surface area contributed by atoms with Gasteiger partial charge in [0.25, 0.3) is 0 Å². The largest absolute Gasteiger partial charge is 0.469 e. The van der Waals surface area contributed by atoms with Gasteiger partial charge in [-0.1, -0.05) is 12.8 Å². The third-order valence-electron chi connectivity index (χ3n) is 3.95. The van der Waals surface area contributed by atoms with E-state index in [-0.39, 0.29) is 11.9 Å². The summed E-state index contributed by atoms with van der Waals surface area (Å²) in [7, 11) is 1.39. The summed E-state index contributed by atoms with van der Waals surface area (Å²) in [5.41, 5.74) is 0. The van der Waals surface area contributed by atoms with Crippen LogP contribution in [-0.2, 0) is 9.53 Å². The van der Waals surface area contributed by atoms with Crippen molar-refractivity contribution in [2.75, 3.05) is 20.2 Å². The molecule has 16 heavy (non-hydrogen) atoms. The Bertz CT molecular complexity index is 251. The number of aliphatic hydroxyl groups is 1. The molecule has 0 aromatic rings. The van der Waals surface area contributed by atoms with E-state index in [1.54, 1.807) is 0 Å². The molecule has 0 unspecified atom stereocenters. The van der Waals surface area contributed by atoms with Crippen molar-refractivity contribution >= 4 is 5.97 Å². The molecule has 0 aromatic heterocycles. The lowest BCUT2D eigenvalue weighted by molar-refractivity contribution is -0.153. The zero-order valence-electron chi connectivity index (χ0n) is 9.89. The molecule has 92 valence electrons. The molecule has 0 radical (unpaired) electrons. The van der Waals surface area contributed by atoms with Crippen LogP contribution in [0.2, 0.25) is 0 Å². The zero-order valence-corrected chi connectivity index (χ0v) is 9.89. The molecule has 1 aliphatic heterocycles. The molecule has 2 atom stereocenters. The van der Waals surface area contributed by atoms with Crippen LogP contribution in [0.4, 0.5) is 0 Å². The van der Waals surface area contributed by atoms with E-state index < -0.39 is 6.10 Å². The molecule has 2 fully saturated rings. The predicted octanol–water partition coefficient (Wildman–Crippen LogP) is 0.785. The summed E-state index contributed by atoms with van der Waals surface area (Å²) in [4.78, 5) is 13.9. The van der Waals surface area contributed by atoms with Crippen molar-refractivity contribution in [3.8, 4) is 0 Å². The molecular weight excluding hydrogens is 206 g/mol. The maximum atomic E-state index is 11.5. The number of hydrogen-bond acceptors (Lipinski definition) is 4. The van der Waals surface area contributed by atoms with Crippen molar-refractivity contribution in [1.82, 2.24) is 4.90 Å². The number of carbonyl (C=O) groups is 1. The predicted molar refractivity (Wildman–Crippen MR) is 60.0 cm³/mol. The lowest BCUT2D eigenvalue weighted by Crippen LogP contribution is -2.49. The van der Waals surface area contributed by atoms with E-state index in [1.807, 2.05) is 0 Å². The fourth-order valence-electron chi connectivity index (χ4n) is 2.95. The summed E-state index contributed by atoms with van der Waals surface area (Å²) >= 11 is 0. The minimum atomic E-state index is -0.523. The molecular formula is C12H21NO3. The number of aliphatic hydroxyl groups excluding tert-OH is 1. The molecule has 1 saturated carbocycles. The first-order valence-electron chi connectivity index (χ1n) is 6.22. The van der Waals surface area contributed by atoms with Gasteiger partial charge in [0.05, 0.1) is 19.1 Å². The van der Waals surface area contributed by atoms with E-state index in [0.29, 0.717) is 19.0 Å². The number of rotatable bonds is 2. The molecule has 4 nitrogen and oxygen atoms in total. The Morgan fingerprint density at radius 3 is 2.62 bits per heavy atom. The molecule has 1 heterocycles. The molecule has 0 aromatic carbocycles. The number of esters is 1. The second kappa shape index (κ2) is 5.15. The molecule has 0 bridgehead atoms. The lowest BCUT2D eigenvalue weighted by atomic mass is 9.93. The SMILES string of the molecule is COC(=O)[C@@H]1CN(C2CCCC2)CC[C@@H]1O. The summed E-state index contributed by atoms with van der Waals surface area (Å²) in [6, 6.07) is 0.625. The Labute approximate surface area is 96.6 Å². The Hall–Kier alpha value is -0.610. The minimum Gasteiger partial charge on any atom is -0.469 e. The molecule has 2 aliphatic rings. The number of hydrogen-bond donors (Lipinski definition) is 1. The molecule has 1 N–H and O–H groups in total. The number of methoxy groups -OCH3 is 1. The molecule has 4 heteroatoms. The van der Waals surface area contributed by atoms with Crippen molar-refractivity contribution in [2.45, 2.75) is 44.2 Å². The van der Waals surface area contributed by atoms with Crippen LogP contribution in [0.15, 0.2) is 0 Å². The van der Waals surface area contributed by atoms with Gasteiger partial charge in [-0.2, -0.15) is 0 Å². The van der Waals surface area contributed by atoms with Gasteiger partial charge in [-0.3, -0.25) is 9.69 Å². The van der Waals surface area contributed by atoms with Crippen LogP contribution >= 0.6 is 0 Å². The van der Waals surface area contributed by atoms with Crippen molar-refractivity contribution in [3.63, 3.8) is 0 Å². The highest BCUT2D eigenvalue weighted by molar-refractivity contribution is 5.73. The van der Waals surface area contributed by atoms with Crippen LogP contribution < -0.4 is 0 Å². The maximum absolute atomic E-state index is 11.5. The van der Waals surface area contributed by atoms with Gasteiger partial charge in [-0.05, 0) is 19.3 Å². The van der Waals surface area contributed by atoms with Gasteiger partial charge in [-0.25, -0.2) is 0 Å². The summed E-state index contributed by atoms with van der Waals surface area (Å²) in [6.45, 7) is 1.58. The minimum absolute atomic E-state index is 0.268. The van der Waals surface area contributed by atoms with Crippen LogP contribution in [0.3, 0.4) is 0 Å². The standard InChI is InChI=1S/C12H21NO3/c1-16-12(15)10-8-13(7-6-11(10)14)9-4-2-3-5-9/h9-11,14H,2-8H2,1H3/t10-,11+/m1/s1. The fraction of sp³-hybridized carbons (Fsp3) is 0.917. The average Bonchev–Trinajstić information content (AvgIpc) is 2.82. The average molecular weight is 227 g/mol. The van der Waals surface area contributed by atoms with E-state index in [2.05, 4.69) is 4.90 Å². The fourth-order valence-corrected chi connectivity index (χ4v) is 2.95. The molecule has 0 spiro atoms. The maximum Gasteiger partial charge on any atom is 0.312 e. The number of likely N-dealkylation sites (tertiary alicyclic amines) is 1. The van der Waals surface area contributed by atoms with E-state index >= 15 is 0 Å². The van der Waals surface area contributed by atoms with Gasteiger partial charge >= 0.3 is 5.97 Å². The summed E-state index contributed by atoms with van der Waals surface area (Å²) in [5, 5.41) is 9.80. The van der Waals surface area contributed by atoms with Crippen molar-refractivity contribution in [2.24, 2.45) is 5.92 Å². The summed E-state index contributed by atoms with van der Waals surface area (Å²) in [6.07, 6.45) is 5.24. The van der Waals surface area contributed by atoms with E-state index in [0.717, 1.165) is 6.54 Å². The summed E-state index contributed by atoms with van der Waals surface area (Å²) in [5.74, 6) is -0.616. The van der Waals surface area contributed by atoms with E-state index in [9.17, 15) is 9.90 Å². The Balaban J connectivity index is 1.95. The normalized spacial score (nSPS) is 32.9. The Morgan fingerprint density at radius 2 is 2.00 bits per heavy atom. The van der Waals surface area contributed by atoms with Crippen LogP contribution in [0.25, 0.3) is 0 Å². The third-order valence-corrected chi connectivity index (χ3v) is 3.95. The van der Waals surface area contributed by atoms with Gasteiger partial charge in [-0.15, -0.1) is 0 Å². The third kappa shape index (κ3) is 2.38. The first-order chi connectivity index (χ1) is 7.72. The van der Waals surface area contributed by atoms with E-state index in [4.69, 9.17) is 4.74 Å². The highest BCUT2D eigenvalue weighted by atomic mass is 16.5. The molecule has 2 rings (SSSR count). The lowest BCUT2D eigenvalue weighted by Gasteiger charge is -2.38. The van der Waals surface area contributed by atoms with Crippen molar-refractivity contribution in [3.05, 3.63) is 0 Å². The molecule has 1 aliphatic carbocycles. The smallest absolute Gasteiger partial charge is 0.312 e. The Morgan fingerprint density at radius 1 is 1.31 bits per heavy atom. The topological polar surface area (TPSA) is 49.8 Å². The monoisotopic (exact) mass is 227 g/mol. The van der Waals surface area contributed by atoms with Gasteiger partial charge in [0.2, 0.25) is 0 Å². The first kappa shape index (κ1) is 11.9. The van der Waals surface area contributed by atoms with Gasteiger partial charge in [0, 0.05) is 19.1 Å². The van der Waals surface area contributed by atoms with Crippen molar-refractivity contribution in [1.29, 1.82) is 0 Å². The van der Waals surface area contributed by atoms with Gasteiger partial charge in [0.15, 0.2) is 0 Å². The second-order valence-corrected chi connectivity index (χ2v) is 4.92. The van der Waals surface area contributed by atoms with Crippen LogP contribution in [0.1, 0.15) is 32.1 Å². The van der Waals surface area contributed by atoms with Crippen molar-refractivity contribution < 1.29 is 14.6 Å². The van der Waals surface area contributed by atoms with Crippen LogP contribution in [0, 0.1) is 5.92 Å². The molecule has 1 saturated heterocycles. The molecule has 0 amide bonds. The first-order valence-corrected chi connectivity index (χ1v) is 6.22. The Kier molecular flexibility index (Phi) is 3.82. The quantitative estimate of drug-likeness (QED) is 0.708. The summed E-state index contributed by atoms with van der Waals surface area (Å²) < 4.78 is 4.75. The van der Waals surface area contributed by atoms with Gasteiger partial charge in [0.1, 0.15) is 0 Å². The number of ether oxygens (including phenoxy) is 1. The number of carbonyl (C=O) groups excluding carboxylic acids is 1. The van der Waals surface area contributed by atoms with Gasteiger partial charge < -0.3 is 9.84 Å². The van der Waals surface area contributed by atoms with Crippen LogP contribution in [0.5, 0.6) is 0 Å². The highest BCUT2D eigenvalue weighted by Gasteiger charge is 2.36. The van der Waals surface area contributed by atoms with E-state index in [1.165, 1.54) is 32.8 Å². The number of nitrogens with zero attached hydrogens (tertiary/aromatic N) is 1. The van der Waals surface area contributed by atoms with Crippen LogP contribution in [-0.4, -0.2) is 48.3 Å². The highest BCUT2D eigenvalue weighted by Crippen LogP contribution is 2.28.